The summed E-state index contributed by atoms with van der Waals surface area (Å²) in [5.41, 5.74) is 0.416. The van der Waals surface area contributed by atoms with Gasteiger partial charge in [0.2, 0.25) is 0 Å². The number of hydrogen-bond acceptors (Lipinski definition) is 3. The summed E-state index contributed by atoms with van der Waals surface area (Å²) in [5, 5.41) is 3.86. The van der Waals surface area contributed by atoms with Crippen molar-refractivity contribution >= 4 is 0 Å². The van der Waals surface area contributed by atoms with Gasteiger partial charge in [-0.1, -0.05) is 26.7 Å². The van der Waals surface area contributed by atoms with Crippen LogP contribution in [0.2, 0.25) is 0 Å². The first-order chi connectivity index (χ1) is 8.56. The van der Waals surface area contributed by atoms with E-state index in [9.17, 15) is 0 Å². The molecule has 18 heavy (non-hydrogen) atoms. The van der Waals surface area contributed by atoms with Gasteiger partial charge >= 0.3 is 0 Å². The molecule has 2 aliphatic rings. The Balaban J connectivity index is 2.03. The van der Waals surface area contributed by atoms with Crippen molar-refractivity contribution in [2.75, 3.05) is 26.7 Å². The van der Waals surface area contributed by atoms with E-state index in [1.165, 1.54) is 32.2 Å². The first-order valence-electron chi connectivity index (χ1n) is 7.58. The van der Waals surface area contributed by atoms with Crippen LogP contribution in [-0.4, -0.2) is 49.3 Å². The van der Waals surface area contributed by atoms with Crippen molar-refractivity contribution in [1.29, 1.82) is 0 Å². The summed E-state index contributed by atoms with van der Waals surface area (Å²) in [6, 6.07) is 0.661. The molecule has 1 heterocycles. The lowest BCUT2D eigenvalue weighted by molar-refractivity contribution is 0.00805. The fourth-order valence-corrected chi connectivity index (χ4v) is 3.66. The first kappa shape index (κ1) is 14.3. The zero-order valence-electron chi connectivity index (χ0n) is 12.5. The van der Waals surface area contributed by atoms with Crippen molar-refractivity contribution in [3.8, 4) is 0 Å². The Morgan fingerprint density at radius 2 is 1.94 bits per heavy atom. The molecule has 1 spiro atoms. The van der Waals surface area contributed by atoms with Crippen molar-refractivity contribution in [3.63, 3.8) is 0 Å². The van der Waals surface area contributed by atoms with E-state index in [-0.39, 0.29) is 0 Å². The van der Waals surface area contributed by atoms with Gasteiger partial charge in [-0.3, -0.25) is 4.90 Å². The molecule has 0 amide bonds. The first-order valence-corrected chi connectivity index (χ1v) is 7.58. The molecule has 106 valence electrons. The Labute approximate surface area is 112 Å². The quantitative estimate of drug-likeness (QED) is 0.833. The van der Waals surface area contributed by atoms with Gasteiger partial charge in [0.25, 0.3) is 0 Å². The molecule has 1 saturated heterocycles. The maximum atomic E-state index is 5.47. The van der Waals surface area contributed by atoms with Crippen LogP contribution in [0.25, 0.3) is 0 Å². The number of ether oxygens (including phenoxy) is 1. The molecule has 3 nitrogen and oxygen atoms in total. The van der Waals surface area contributed by atoms with E-state index in [0.29, 0.717) is 23.6 Å². The Bertz CT molecular complexity index is 261. The highest BCUT2D eigenvalue weighted by molar-refractivity contribution is 5.01. The fourth-order valence-electron chi connectivity index (χ4n) is 3.66. The molecule has 1 saturated carbocycles. The monoisotopic (exact) mass is 254 g/mol. The van der Waals surface area contributed by atoms with Crippen molar-refractivity contribution in [1.82, 2.24) is 10.2 Å². The lowest BCUT2D eigenvalue weighted by Crippen LogP contribution is -2.65. The second kappa shape index (κ2) is 5.89. The molecule has 1 aliphatic carbocycles. The van der Waals surface area contributed by atoms with Gasteiger partial charge in [-0.2, -0.15) is 0 Å². The highest BCUT2D eigenvalue weighted by atomic mass is 16.5. The molecule has 2 atom stereocenters. The van der Waals surface area contributed by atoms with Crippen LogP contribution in [0.3, 0.4) is 0 Å². The van der Waals surface area contributed by atoms with E-state index in [0.717, 1.165) is 13.1 Å². The van der Waals surface area contributed by atoms with Crippen LogP contribution in [0.1, 0.15) is 46.5 Å². The zero-order chi connectivity index (χ0) is 13.2. The maximum absolute atomic E-state index is 5.47. The predicted molar refractivity (Wildman–Crippen MR) is 75.9 cm³/mol. The van der Waals surface area contributed by atoms with Gasteiger partial charge in [0.1, 0.15) is 0 Å². The lowest BCUT2D eigenvalue weighted by Gasteiger charge is -2.48. The van der Waals surface area contributed by atoms with E-state index >= 15 is 0 Å². The lowest BCUT2D eigenvalue weighted by atomic mass is 9.89. The third kappa shape index (κ3) is 3.06. The van der Waals surface area contributed by atoms with Gasteiger partial charge in [-0.05, 0) is 25.7 Å². The summed E-state index contributed by atoms with van der Waals surface area (Å²) in [5.74, 6) is 0.709. The molecule has 1 aliphatic heterocycles. The van der Waals surface area contributed by atoms with Gasteiger partial charge in [0, 0.05) is 38.3 Å². The van der Waals surface area contributed by atoms with Crippen molar-refractivity contribution < 1.29 is 4.74 Å². The average molecular weight is 254 g/mol. The maximum Gasteiger partial charge on any atom is 0.0670 e. The molecular weight excluding hydrogens is 224 g/mol. The van der Waals surface area contributed by atoms with Crippen LogP contribution in [0, 0.1) is 5.92 Å². The number of methoxy groups -OCH3 is 1. The standard InChI is InChI=1S/C15H30N2O/c1-12(2)14-9-16-15(7-5-6-8-15)11-17(14)10-13(3)18-4/h12-14,16H,5-11H2,1-4H3. The third-order valence-corrected chi connectivity index (χ3v) is 4.89. The van der Waals surface area contributed by atoms with Gasteiger partial charge in [0.15, 0.2) is 0 Å². The summed E-state index contributed by atoms with van der Waals surface area (Å²) in [7, 11) is 1.82. The van der Waals surface area contributed by atoms with E-state index in [1.807, 2.05) is 7.11 Å². The van der Waals surface area contributed by atoms with Crippen LogP contribution < -0.4 is 5.32 Å². The summed E-state index contributed by atoms with van der Waals surface area (Å²) >= 11 is 0. The van der Waals surface area contributed by atoms with Crippen LogP contribution in [-0.2, 0) is 4.74 Å². The zero-order valence-corrected chi connectivity index (χ0v) is 12.5. The van der Waals surface area contributed by atoms with Crippen LogP contribution in [0.15, 0.2) is 0 Å². The Morgan fingerprint density at radius 1 is 1.28 bits per heavy atom. The Kier molecular flexibility index (Phi) is 4.68. The Hall–Kier alpha value is -0.120. The predicted octanol–water partition coefficient (Wildman–Crippen LogP) is 2.26. The van der Waals surface area contributed by atoms with Crippen LogP contribution in [0.5, 0.6) is 0 Å². The van der Waals surface area contributed by atoms with Gasteiger partial charge in [-0.25, -0.2) is 0 Å². The van der Waals surface area contributed by atoms with E-state index in [1.54, 1.807) is 0 Å². The van der Waals surface area contributed by atoms with Gasteiger partial charge < -0.3 is 10.1 Å². The molecule has 0 radical (unpaired) electrons. The molecule has 0 aromatic carbocycles. The third-order valence-electron chi connectivity index (χ3n) is 4.89. The minimum atomic E-state index is 0.336. The highest BCUT2D eigenvalue weighted by Crippen LogP contribution is 2.34. The minimum absolute atomic E-state index is 0.336. The van der Waals surface area contributed by atoms with Gasteiger partial charge in [-0.15, -0.1) is 0 Å². The number of piperazine rings is 1. The average Bonchev–Trinajstić information content (AvgIpc) is 2.77. The summed E-state index contributed by atoms with van der Waals surface area (Å²) in [4.78, 5) is 2.68. The highest BCUT2D eigenvalue weighted by Gasteiger charge is 2.41. The Morgan fingerprint density at radius 3 is 2.50 bits per heavy atom. The number of rotatable bonds is 4. The molecule has 0 bridgehead atoms. The molecule has 1 N–H and O–H groups in total. The fraction of sp³-hybridized carbons (Fsp3) is 1.00. The number of nitrogens with zero attached hydrogens (tertiary/aromatic N) is 1. The molecule has 2 rings (SSSR count). The smallest absolute Gasteiger partial charge is 0.0670 e. The van der Waals surface area contributed by atoms with Crippen molar-refractivity contribution in [3.05, 3.63) is 0 Å². The van der Waals surface area contributed by atoms with E-state index in [4.69, 9.17) is 4.74 Å². The summed E-state index contributed by atoms with van der Waals surface area (Å²) in [6.07, 6.45) is 5.84. The largest absolute Gasteiger partial charge is 0.380 e. The van der Waals surface area contributed by atoms with E-state index in [2.05, 4.69) is 31.0 Å². The molecule has 2 unspecified atom stereocenters. The topological polar surface area (TPSA) is 24.5 Å². The summed E-state index contributed by atoms with van der Waals surface area (Å²) in [6.45, 7) is 10.3. The second-order valence-electron chi connectivity index (χ2n) is 6.66. The van der Waals surface area contributed by atoms with Gasteiger partial charge in [0.05, 0.1) is 6.10 Å². The SMILES string of the molecule is COC(C)CN1CC2(CCCC2)NCC1C(C)C. The summed E-state index contributed by atoms with van der Waals surface area (Å²) < 4.78 is 5.47. The molecular formula is C15H30N2O. The molecule has 0 aromatic heterocycles. The number of nitrogens with one attached hydrogen (secondary N) is 1. The van der Waals surface area contributed by atoms with Crippen LogP contribution >= 0.6 is 0 Å². The second-order valence-corrected chi connectivity index (χ2v) is 6.66. The van der Waals surface area contributed by atoms with Crippen molar-refractivity contribution in [2.24, 2.45) is 5.92 Å². The normalized spacial score (nSPS) is 30.2. The van der Waals surface area contributed by atoms with E-state index < -0.39 is 0 Å². The van der Waals surface area contributed by atoms with Crippen molar-refractivity contribution in [2.45, 2.75) is 64.1 Å². The van der Waals surface area contributed by atoms with Crippen LogP contribution in [0.4, 0.5) is 0 Å². The molecule has 2 fully saturated rings. The molecule has 0 aromatic rings. The number of hydrogen-bond donors (Lipinski definition) is 1. The molecule has 3 heteroatoms. The minimum Gasteiger partial charge on any atom is -0.380 e.